The Hall–Kier alpha value is -3.90. The van der Waals surface area contributed by atoms with Gasteiger partial charge in [-0.05, 0) is 31.0 Å². The van der Waals surface area contributed by atoms with Crippen LogP contribution in [0.1, 0.15) is 12.8 Å². The molecule has 6 N–H and O–H groups in total. The molecule has 1 saturated carbocycles. The third kappa shape index (κ3) is 4.32. The van der Waals surface area contributed by atoms with E-state index in [1.165, 1.54) is 0 Å². The van der Waals surface area contributed by atoms with Crippen molar-refractivity contribution in [2.24, 2.45) is 0 Å². The minimum absolute atomic E-state index is 0.259. The predicted molar refractivity (Wildman–Crippen MR) is 130 cm³/mol. The quantitative estimate of drug-likeness (QED) is 0.262. The van der Waals surface area contributed by atoms with Gasteiger partial charge in [0.05, 0.1) is 36.5 Å². The molecule has 4 aromatic rings. The molecule has 2 fully saturated rings. The summed E-state index contributed by atoms with van der Waals surface area (Å²) in [6.07, 6.45) is 7.31. The summed E-state index contributed by atoms with van der Waals surface area (Å²) in [6.45, 7) is 3.06. The normalized spacial score (nSPS) is 18.2. The number of nitrogens with zero attached hydrogens (tertiary/aromatic N) is 6. The highest BCUT2D eigenvalue weighted by Gasteiger charge is 2.23. The Balaban J connectivity index is 1.28. The van der Waals surface area contributed by atoms with E-state index in [2.05, 4.69) is 41.5 Å². The van der Waals surface area contributed by atoms with E-state index in [4.69, 9.17) is 10.5 Å². The molecule has 12 nitrogen and oxygen atoms in total. The molecule has 1 atom stereocenters. The lowest BCUT2D eigenvalue weighted by Gasteiger charge is -2.25. The molecule has 176 valence electrons. The molecule has 0 radical (unpaired) electrons. The van der Waals surface area contributed by atoms with Crippen molar-refractivity contribution in [1.82, 2.24) is 34.7 Å². The lowest BCUT2D eigenvalue weighted by molar-refractivity contribution is 0.0806. The first-order valence-electron chi connectivity index (χ1n) is 11.4. The van der Waals surface area contributed by atoms with Crippen molar-refractivity contribution in [2.45, 2.75) is 24.9 Å². The van der Waals surface area contributed by atoms with E-state index in [1.54, 1.807) is 23.4 Å². The van der Waals surface area contributed by atoms with Crippen molar-refractivity contribution in [3.63, 3.8) is 0 Å². The number of aromatic nitrogens is 6. The zero-order chi connectivity index (χ0) is 22.9. The van der Waals surface area contributed by atoms with Gasteiger partial charge < -0.3 is 31.7 Å². The molecule has 0 spiro atoms. The lowest BCUT2D eigenvalue weighted by atomic mass is 10.2. The highest BCUT2D eigenvalue weighted by molar-refractivity contribution is 5.76. The highest BCUT2D eigenvalue weighted by Crippen LogP contribution is 2.31. The largest absolute Gasteiger partial charge is 0.382 e. The summed E-state index contributed by atoms with van der Waals surface area (Å²) in [5.74, 6) is 1.15. The van der Waals surface area contributed by atoms with E-state index >= 15 is 0 Å². The molecule has 12 heteroatoms. The summed E-state index contributed by atoms with van der Waals surface area (Å²) in [5, 5.41) is 26.5. The molecule has 2 aliphatic rings. The van der Waals surface area contributed by atoms with Crippen LogP contribution in [0.15, 0.2) is 43.1 Å². The number of rotatable bonds is 8. The van der Waals surface area contributed by atoms with Crippen LogP contribution >= 0.6 is 0 Å². The van der Waals surface area contributed by atoms with Crippen molar-refractivity contribution < 1.29 is 4.74 Å². The number of imidazole rings is 1. The van der Waals surface area contributed by atoms with E-state index in [1.807, 2.05) is 28.8 Å². The maximum Gasteiger partial charge on any atom is 0.179 e. The third-order valence-corrected chi connectivity index (χ3v) is 5.94. The van der Waals surface area contributed by atoms with Gasteiger partial charge in [-0.25, -0.2) is 4.98 Å². The fourth-order valence-electron chi connectivity index (χ4n) is 4.03. The van der Waals surface area contributed by atoms with E-state index in [0.29, 0.717) is 24.3 Å². The second-order valence-electron chi connectivity index (χ2n) is 8.61. The van der Waals surface area contributed by atoms with Gasteiger partial charge in [-0.15, -0.1) is 15.3 Å². The summed E-state index contributed by atoms with van der Waals surface area (Å²) < 4.78 is 9.10. The van der Waals surface area contributed by atoms with Gasteiger partial charge in [0.25, 0.3) is 0 Å². The summed E-state index contributed by atoms with van der Waals surface area (Å²) >= 11 is 0. The number of anilines is 5. The number of benzene rings is 1. The molecule has 3 aromatic heterocycles. The molecular weight excluding hydrogens is 434 g/mol. The smallest absolute Gasteiger partial charge is 0.179 e. The Morgan fingerprint density at radius 2 is 2.03 bits per heavy atom. The zero-order valence-electron chi connectivity index (χ0n) is 18.6. The van der Waals surface area contributed by atoms with Gasteiger partial charge in [0.15, 0.2) is 11.5 Å². The van der Waals surface area contributed by atoms with Gasteiger partial charge in [-0.3, -0.25) is 4.57 Å². The van der Waals surface area contributed by atoms with Crippen molar-refractivity contribution in [1.29, 1.82) is 0 Å². The third-order valence-electron chi connectivity index (χ3n) is 5.94. The molecule has 1 saturated heterocycles. The number of nitrogen functional groups attached to an aromatic ring is 1. The fraction of sp³-hybridized carbons (Fsp3) is 0.364. The molecule has 34 heavy (non-hydrogen) atoms. The van der Waals surface area contributed by atoms with Crippen LogP contribution in [0.4, 0.5) is 28.7 Å². The van der Waals surface area contributed by atoms with Crippen LogP contribution in [0.5, 0.6) is 0 Å². The molecule has 1 aliphatic heterocycles. The molecule has 1 unspecified atom stereocenters. The monoisotopic (exact) mass is 461 g/mol. The van der Waals surface area contributed by atoms with Crippen molar-refractivity contribution in [3.8, 4) is 5.69 Å². The number of ether oxygens (including phenoxy) is 1. The highest BCUT2D eigenvalue weighted by atomic mass is 16.5. The van der Waals surface area contributed by atoms with Gasteiger partial charge in [0, 0.05) is 36.9 Å². The number of hydrogen-bond donors (Lipinski definition) is 5. The number of fused-ring (bicyclic) bond motifs is 1. The standard InChI is InChI=1S/C22H27N11O/c23-20-10-26-22-18(29-14-1-2-14)8-21(31-33(20)22)30-15-3-4-17(19(7-15)32-12-27-28-13-32)25-9-16-11-34-6-5-24-16/h3-4,7-8,10,12-14,16,24-25,29H,1-2,5-6,9,11,23H2,(H,30,31). The van der Waals surface area contributed by atoms with Crippen LogP contribution in [0.3, 0.4) is 0 Å². The Bertz CT molecular complexity index is 1280. The van der Waals surface area contributed by atoms with Gasteiger partial charge >= 0.3 is 0 Å². The Kier molecular flexibility index (Phi) is 5.35. The Labute approximate surface area is 195 Å². The van der Waals surface area contributed by atoms with Crippen LogP contribution in [-0.2, 0) is 4.74 Å². The Morgan fingerprint density at radius 3 is 2.82 bits per heavy atom. The summed E-state index contributed by atoms with van der Waals surface area (Å²) in [4.78, 5) is 4.41. The molecular formula is C22H27N11O. The number of nitrogens with two attached hydrogens (primary N) is 1. The maximum absolute atomic E-state index is 6.10. The molecule has 1 aliphatic carbocycles. The van der Waals surface area contributed by atoms with Crippen molar-refractivity contribution in [2.75, 3.05) is 48.0 Å². The topological polar surface area (TPSA) is 144 Å². The lowest BCUT2D eigenvalue weighted by Crippen LogP contribution is -2.45. The van der Waals surface area contributed by atoms with Crippen LogP contribution < -0.4 is 27.0 Å². The van der Waals surface area contributed by atoms with Crippen molar-refractivity contribution >= 4 is 34.3 Å². The van der Waals surface area contributed by atoms with Crippen LogP contribution in [-0.4, -0.2) is 67.7 Å². The van der Waals surface area contributed by atoms with E-state index in [-0.39, 0.29) is 6.04 Å². The fourth-order valence-corrected chi connectivity index (χ4v) is 4.03. The Morgan fingerprint density at radius 1 is 1.15 bits per heavy atom. The van der Waals surface area contributed by atoms with E-state index in [9.17, 15) is 0 Å². The van der Waals surface area contributed by atoms with Gasteiger partial charge in [0.1, 0.15) is 18.5 Å². The average molecular weight is 462 g/mol. The second kappa shape index (κ2) is 8.80. The second-order valence-corrected chi connectivity index (χ2v) is 8.61. The van der Waals surface area contributed by atoms with Crippen LogP contribution in [0.25, 0.3) is 11.3 Å². The average Bonchev–Trinajstić information content (AvgIpc) is 3.35. The van der Waals surface area contributed by atoms with Crippen LogP contribution in [0, 0.1) is 0 Å². The first-order valence-corrected chi connectivity index (χ1v) is 11.4. The molecule has 4 heterocycles. The minimum Gasteiger partial charge on any atom is -0.382 e. The van der Waals surface area contributed by atoms with Gasteiger partial charge in [-0.2, -0.15) is 4.52 Å². The first-order chi connectivity index (χ1) is 16.7. The summed E-state index contributed by atoms with van der Waals surface area (Å²) in [7, 11) is 0. The van der Waals surface area contributed by atoms with E-state index < -0.39 is 0 Å². The van der Waals surface area contributed by atoms with Gasteiger partial charge in [-0.1, -0.05) is 0 Å². The van der Waals surface area contributed by atoms with Gasteiger partial charge in [0.2, 0.25) is 0 Å². The number of hydrogen-bond acceptors (Lipinski definition) is 10. The molecule has 1 aromatic carbocycles. The summed E-state index contributed by atoms with van der Waals surface area (Å²) in [6, 6.07) is 8.79. The predicted octanol–water partition coefficient (Wildman–Crippen LogP) is 1.61. The SMILES string of the molecule is Nc1cnc2c(NC3CC3)cc(Nc3ccc(NCC4COCCN4)c(-n4cnnc4)c3)nn12. The number of morpholine rings is 1. The first kappa shape index (κ1) is 20.7. The van der Waals surface area contributed by atoms with E-state index in [0.717, 1.165) is 60.9 Å². The van der Waals surface area contributed by atoms with Crippen LogP contribution in [0.2, 0.25) is 0 Å². The number of nitrogens with one attached hydrogen (secondary N) is 4. The molecule has 0 amide bonds. The summed E-state index contributed by atoms with van der Waals surface area (Å²) in [5.41, 5.74) is 10.5. The molecule has 6 rings (SSSR count). The van der Waals surface area contributed by atoms with Crippen molar-refractivity contribution in [3.05, 3.63) is 43.1 Å². The zero-order valence-corrected chi connectivity index (χ0v) is 18.6. The minimum atomic E-state index is 0.259. The molecule has 0 bridgehead atoms. The maximum atomic E-state index is 6.10.